The van der Waals surface area contributed by atoms with E-state index >= 15 is 0 Å². The summed E-state index contributed by atoms with van der Waals surface area (Å²) in [6.45, 7) is 0.157. The molecule has 0 fully saturated rings. The predicted molar refractivity (Wildman–Crippen MR) is 64.7 cm³/mol. The van der Waals surface area contributed by atoms with Crippen LogP contribution in [-0.4, -0.2) is 5.91 Å². The van der Waals surface area contributed by atoms with Crippen molar-refractivity contribution < 1.29 is 13.6 Å². The fraction of sp³-hybridized carbons (Fsp3) is 0.357. The Morgan fingerprint density at radius 1 is 1.28 bits per heavy atom. The number of carbonyl (C=O) groups excluding carboxylic acids is 1. The first-order valence-corrected chi connectivity index (χ1v) is 6.02. The van der Waals surface area contributed by atoms with Crippen molar-refractivity contribution in [3.63, 3.8) is 0 Å². The van der Waals surface area contributed by atoms with Crippen LogP contribution < -0.4 is 5.32 Å². The lowest BCUT2D eigenvalue weighted by atomic mass is 10.1. The van der Waals surface area contributed by atoms with E-state index in [-0.39, 0.29) is 12.5 Å². The lowest BCUT2D eigenvalue weighted by molar-refractivity contribution is -0.121. The third-order valence-corrected chi connectivity index (χ3v) is 2.97. The molecular weight excluding hydrogens is 236 g/mol. The Kier molecular flexibility index (Phi) is 4.07. The average Bonchev–Trinajstić information content (AvgIpc) is 2.78. The molecule has 1 aliphatic carbocycles. The molecule has 1 amide bonds. The zero-order valence-electron chi connectivity index (χ0n) is 9.96. The molecule has 1 aliphatic rings. The summed E-state index contributed by atoms with van der Waals surface area (Å²) in [6, 6.07) is 3.26. The number of amides is 1. The molecule has 18 heavy (non-hydrogen) atoms. The van der Waals surface area contributed by atoms with E-state index in [2.05, 4.69) is 11.4 Å². The van der Waals surface area contributed by atoms with Crippen LogP contribution in [-0.2, 0) is 11.3 Å². The van der Waals surface area contributed by atoms with E-state index in [1.54, 1.807) is 0 Å². The molecule has 1 N–H and O–H groups in total. The first kappa shape index (κ1) is 12.7. The number of hydrogen-bond acceptors (Lipinski definition) is 1. The molecule has 4 heteroatoms. The van der Waals surface area contributed by atoms with Gasteiger partial charge in [-0.05, 0) is 36.5 Å². The Morgan fingerprint density at radius 3 is 2.61 bits per heavy atom. The summed E-state index contributed by atoms with van der Waals surface area (Å²) in [5, 5.41) is 2.67. The Bertz CT molecular complexity index is 451. The van der Waals surface area contributed by atoms with Gasteiger partial charge in [-0.1, -0.05) is 12.2 Å². The van der Waals surface area contributed by atoms with Crippen LogP contribution in [0.15, 0.2) is 30.4 Å². The molecule has 0 unspecified atom stereocenters. The quantitative estimate of drug-likeness (QED) is 0.819. The number of carbonyl (C=O) groups is 1. The summed E-state index contributed by atoms with van der Waals surface area (Å²) in [5.41, 5.74) is 0.433. The second kappa shape index (κ2) is 5.76. The van der Waals surface area contributed by atoms with E-state index in [4.69, 9.17) is 0 Å². The molecule has 1 atom stereocenters. The van der Waals surface area contributed by atoms with Crippen LogP contribution in [0.4, 0.5) is 8.78 Å². The van der Waals surface area contributed by atoms with Gasteiger partial charge in [0, 0.05) is 19.0 Å². The molecule has 2 rings (SSSR count). The fourth-order valence-corrected chi connectivity index (χ4v) is 2.09. The Balaban J connectivity index is 1.83. The van der Waals surface area contributed by atoms with Crippen LogP contribution in [0.5, 0.6) is 0 Å². The number of hydrogen-bond donors (Lipinski definition) is 1. The van der Waals surface area contributed by atoms with Crippen molar-refractivity contribution >= 4 is 5.91 Å². The molecule has 0 saturated carbocycles. The van der Waals surface area contributed by atoms with E-state index in [9.17, 15) is 13.6 Å². The molecule has 0 radical (unpaired) electrons. The van der Waals surface area contributed by atoms with Gasteiger partial charge in [0.1, 0.15) is 11.6 Å². The van der Waals surface area contributed by atoms with Crippen molar-refractivity contribution in [1.29, 1.82) is 0 Å². The topological polar surface area (TPSA) is 29.1 Å². The van der Waals surface area contributed by atoms with Gasteiger partial charge in [0.05, 0.1) is 0 Å². The normalized spacial score (nSPS) is 18.0. The van der Waals surface area contributed by atoms with E-state index < -0.39 is 11.6 Å². The van der Waals surface area contributed by atoms with E-state index in [1.165, 1.54) is 12.1 Å². The molecule has 2 nitrogen and oxygen atoms in total. The van der Waals surface area contributed by atoms with Gasteiger partial charge in [-0.15, -0.1) is 0 Å². The second-order valence-electron chi connectivity index (χ2n) is 4.52. The number of benzene rings is 1. The minimum atomic E-state index is -0.627. The van der Waals surface area contributed by atoms with Crippen LogP contribution in [0.1, 0.15) is 24.8 Å². The number of halogens is 2. The van der Waals surface area contributed by atoms with Crippen molar-refractivity contribution in [2.75, 3.05) is 0 Å². The molecule has 0 saturated heterocycles. The van der Waals surface area contributed by atoms with Gasteiger partial charge in [0.2, 0.25) is 5.91 Å². The lowest BCUT2D eigenvalue weighted by Gasteiger charge is -2.09. The zero-order chi connectivity index (χ0) is 13.0. The maximum atomic E-state index is 12.9. The summed E-state index contributed by atoms with van der Waals surface area (Å²) in [7, 11) is 0. The van der Waals surface area contributed by atoms with Gasteiger partial charge in [0.25, 0.3) is 0 Å². The molecule has 1 aromatic rings. The second-order valence-corrected chi connectivity index (χ2v) is 4.52. The van der Waals surface area contributed by atoms with Gasteiger partial charge >= 0.3 is 0 Å². The maximum absolute atomic E-state index is 12.9. The average molecular weight is 251 g/mol. The SMILES string of the molecule is O=C(C[C@@H]1C=CCC1)NCc1cc(F)cc(F)c1. The summed E-state index contributed by atoms with van der Waals surface area (Å²) in [6.07, 6.45) is 6.57. The Morgan fingerprint density at radius 2 is 2.00 bits per heavy atom. The first-order chi connectivity index (χ1) is 8.63. The van der Waals surface area contributed by atoms with Crippen LogP contribution in [0, 0.1) is 17.6 Å². The molecule has 0 spiro atoms. The summed E-state index contributed by atoms with van der Waals surface area (Å²) in [5.74, 6) is -1.04. The molecular formula is C14H15F2NO. The van der Waals surface area contributed by atoms with Gasteiger partial charge in [-0.2, -0.15) is 0 Å². The summed E-state index contributed by atoms with van der Waals surface area (Å²) >= 11 is 0. The fourth-order valence-electron chi connectivity index (χ4n) is 2.09. The summed E-state index contributed by atoms with van der Waals surface area (Å²) < 4.78 is 25.8. The molecule has 0 bridgehead atoms. The van der Waals surface area contributed by atoms with E-state index in [0.29, 0.717) is 17.9 Å². The van der Waals surface area contributed by atoms with Crippen molar-refractivity contribution in [2.45, 2.75) is 25.8 Å². The molecule has 96 valence electrons. The van der Waals surface area contributed by atoms with Crippen LogP contribution in [0.25, 0.3) is 0 Å². The number of rotatable bonds is 4. The molecule has 1 aromatic carbocycles. The Hall–Kier alpha value is -1.71. The van der Waals surface area contributed by atoms with Crippen LogP contribution in [0.3, 0.4) is 0 Å². The van der Waals surface area contributed by atoms with Gasteiger partial charge < -0.3 is 5.32 Å². The monoisotopic (exact) mass is 251 g/mol. The smallest absolute Gasteiger partial charge is 0.220 e. The van der Waals surface area contributed by atoms with Crippen LogP contribution >= 0.6 is 0 Å². The third kappa shape index (κ3) is 3.65. The highest BCUT2D eigenvalue weighted by Gasteiger charge is 2.13. The zero-order valence-corrected chi connectivity index (χ0v) is 9.96. The highest BCUT2D eigenvalue weighted by molar-refractivity contribution is 5.76. The van der Waals surface area contributed by atoms with E-state index in [0.717, 1.165) is 18.9 Å². The number of allylic oxidation sites excluding steroid dienone is 2. The van der Waals surface area contributed by atoms with Crippen molar-refractivity contribution in [3.8, 4) is 0 Å². The summed E-state index contributed by atoms with van der Waals surface area (Å²) in [4.78, 5) is 11.6. The van der Waals surface area contributed by atoms with Gasteiger partial charge in [0.15, 0.2) is 0 Å². The predicted octanol–water partition coefficient (Wildman–Crippen LogP) is 2.94. The van der Waals surface area contributed by atoms with E-state index in [1.807, 2.05) is 6.08 Å². The third-order valence-electron chi connectivity index (χ3n) is 2.97. The van der Waals surface area contributed by atoms with Crippen molar-refractivity contribution in [1.82, 2.24) is 5.32 Å². The minimum absolute atomic E-state index is 0.0868. The van der Waals surface area contributed by atoms with Gasteiger partial charge in [-0.25, -0.2) is 8.78 Å². The molecule has 0 aliphatic heterocycles. The highest BCUT2D eigenvalue weighted by Crippen LogP contribution is 2.20. The molecule has 0 heterocycles. The number of nitrogens with one attached hydrogen (secondary N) is 1. The molecule has 0 aromatic heterocycles. The van der Waals surface area contributed by atoms with Crippen molar-refractivity contribution in [3.05, 3.63) is 47.5 Å². The lowest BCUT2D eigenvalue weighted by Crippen LogP contribution is -2.24. The maximum Gasteiger partial charge on any atom is 0.220 e. The Labute approximate surface area is 105 Å². The van der Waals surface area contributed by atoms with Crippen LogP contribution in [0.2, 0.25) is 0 Å². The van der Waals surface area contributed by atoms with Gasteiger partial charge in [-0.3, -0.25) is 4.79 Å². The minimum Gasteiger partial charge on any atom is -0.352 e. The largest absolute Gasteiger partial charge is 0.352 e. The standard InChI is InChI=1S/C14H15F2NO/c15-12-5-11(6-13(16)8-12)9-17-14(18)7-10-3-1-2-4-10/h1,3,5-6,8,10H,2,4,7,9H2,(H,17,18)/t10-/m1/s1. The highest BCUT2D eigenvalue weighted by atomic mass is 19.1. The van der Waals surface area contributed by atoms with Crippen molar-refractivity contribution in [2.24, 2.45) is 5.92 Å². The first-order valence-electron chi connectivity index (χ1n) is 6.02.